The lowest BCUT2D eigenvalue weighted by molar-refractivity contribution is 0.567. The Hall–Kier alpha value is -3.87. The van der Waals surface area contributed by atoms with Crippen molar-refractivity contribution in [3.63, 3.8) is 0 Å². The van der Waals surface area contributed by atoms with Gasteiger partial charge in [-0.1, -0.05) is 36.4 Å². The molecule has 2 aromatic heterocycles. The van der Waals surface area contributed by atoms with Crippen molar-refractivity contribution in [1.82, 2.24) is 19.1 Å². The molecule has 0 saturated carbocycles. The third-order valence-electron chi connectivity index (χ3n) is 6.58. The summed E-state index contributed by atoms with van der Waals surface area (Å²) in [6.07, 6.45) is 5.40. The third-order valence-corrected chi connectivity index (χ3v) is 6.58. The van der Waals surface area contributed by atoms with Gasteiger partial charge in [-0.25, -0.2) is 14.4 Å². The van der Waals surface area contributed by atoms with Crippen molar-refractivity contribution in [2.45, 2.75) is 33.1 Å². The van der Waals surface area contributed by atoms with Crippen LogP contribution >= 0.6 is 0 Å². The van der Waals surface area contributed by atoms with E-state index in [1.165, 1.54) is 6.42 Å². The Balaban J connectivity index is 1.61. The molecule has 1 fully saturated rings. The molecular formula is C27H30N6O. The Morgan fingerprint density at radius 2 is 1.50 bits per heavy atom. The number of aliphatic imine (C=N–C) groups is 1. The van der Waals surface area contributed by atoms with E-state index in [2.05, 4.69) is 17.0 Å². The lowest BCUT2D eigenvalue weighted by atomic mass is 10.1. The minimum absolute atomic E-state index is 0.130. The molecule has 5 rings (SSSR count). The van der Waals surface area contributed by atoms with E-state index in [1.807, 2.05) is 85.0 Å². The minimum atomic E-state index is -0.130. The summed E-state index contributed by atoms with van der Waals surface area (Å²) in [7, 11) is 1.89. The van der Waals surface area contributed by atoms with Crippen LogP contribution in [0, 0.1) is 13.8 Å². The maximum atomic E-state index is 13.3. The zero-order valence-electron chi connectivity index (χ0n) is 20.0. The smallest absolute Gasteiger partial charge is 0.297 e. The summed E-state index contributed by atoms with van der Waals surface area (Å²) in [5, 5.41) is 4.88. The molecule has 1 saturated heterocycles. The van der Waals surface area contributed by atoms with Crippen molar-refractivity contribution in [2.24, 2.45) is 12.0 Å². The molecular weight excluding hydrogens is 424 g/mol. The average molecular weight is 455 g/mol. The van der Waals surface area contributed by atoms with E-state index < -0.39 is 0 Å². The molecule has 0 unspecified atom stereocenters. The molecule has 3 heterocycles. The number of piperidine rings is 1. The van der Waals surface area contributed by atoms with Crippen LogP contribution in [0.4, 0.5) is 11.5 Å². The number of benzene rings is 2. The second-order valence-corrected chi connectivity index (χ2v) is 8.79. The number of nitrogens with zero attached hydrogens (tertiary/aromatic N) is 6. The highest BCUT2D eigenvalue weighted by Crippen LogP contribution is 2.29. The lowest BCUT2D eigenvalue weighted by Gasteiger charge is -2.29. The largest absolute Gasteiger partial charge is 0.356 e. The molecule has 2 aromatic carbocycles. The zero-order valence-corrected chi connectivity index (χ0v) is 20.0. The Bertz CT molecular complexity index is 1370. The van der Waals surface area contributed by atoms with Gasteiger partial charge in [0.25, 0.3) is 5.56 Å². The van der Waals surface area contributed by atoms with Crippen LogP contribution in [0.25, 0.3) is 11.4 Å². The Morgan fingerprint density at radius 1 is 0.882 bits per heavy atom. The van der Waals surface area contributed by atoms with Gasteiger partial charge in [0, 0.05) is 26.4 Å². The molecule has 7 heteroatoms. The van der Waals surface area contributed by atoms with Gasteiger partial charge in [-0.3, -0.25) is 9.48 Å². The lowest BCUT2D eigenvalue weighted by Crippen LogP contribution is -2.32. The molecule has 0 bridgehead atoms. The van der Waals surface area contributed by atoms with Gasteiger partial charge < -0.3 is 4.90 Å². The Labute approximate surface area is 199 Å². The van der Waals surface area contributed by atoms with Crippen molar-refractivity contribution < 1.29 is 0 Å². The van der Waals surface area contributed by atoms with Crippen LogP contribution in [0.15, 0.2) is 70.5 Å². The van der Waals surface area contributed by atoms with Crippen LogP contribution in [-0.2, 0) is 7.05 Å². The average Bonchev–Trinajstić information content (AvgIpc) is 3.32. The highest BCUT2D eigenvalue weighted by molar-refractivity contribution is 5.90. The Kier molecular flexibility index (Phi) is 5.92. The maximum Gasteiger partial charge on any atom is 0.297 e. The fourth-order valence-corrected chi connectivity index (χ4v) is 4.67. The summed E-state index contributed by atoms with van der Waals surface area (Å²) in [6.45, 7) is 5.92. The number of aryl methyl sites for hydroxylation is 1. The monoisotopic (exact) mass is 454 g/mol. The molecule has 0 spiro atoms. The molecule has 4 aromatic rings. The van der Waals surface area contributed by atoms with Gasteiger partial charge in [0.05, 0.1) is 28.3 Å². The standard InChI is InChI=1S/C27H30N6O/c1-20-24(19-28-25-21(2)30(3)33(27(25)34)23-15-9-5-10-16-23)26(31-17-11-6-12-18-31)32(29-20)22-13-7-4-8-14-22/h4-5,7-10,13-16,19H,6,11-12,17-18H2,1-3H3. The number of rotatable bonds is 5. The predicted molar refractivity (Wildman–Crippen MR) is 137 cm³/mol. The number of anilines is 1. The summed E-state index contributed by atoms with van der Waals surface area (Å²) < 4.78 is 5.53. The molecule has 0 amide bonds. The van der Waals surface area contributed by atoms with Crippen molar-refractivity contribution in [3.05, 3.63) is 88.0 Å². The van der Waals surface area contributed by atoms with Crippen LogP contribution in [0.1, 0.15) is 36.2 Å². The summed E-state index contributed by atoms with van der Waals surface area (Å²) in [5.41, 5.74) is 4.83. The van der Waals surface area contributed by atoms with Crippen LogP contribution in [0.5, 0.6) is 0 Å². The number of para-hydroxylation sites is 2. The third kappa shape index (κ3) is 3.87. The van der Waals surface area contributed by atoms with E-state index in [0.29, 0.717) is 5.69 Å². The number of hydrogen-bond donors (Lipinski definition) is 0. The summed E-state index contributed by atoms with van der Waals surface area (Å²) in [6, 6.07) is 19.9. The first-order valence-electron chi connectivity index (χ1n) is 11.8. The fraction of sp³-hybridized carbons (Fsp3) is 0.296. The van der Waals surface area contributed by atoms with Crippen molar-refractivity contribution in [2.75, 3.05) is 18.0 Å². The van der Waals surface area contributed by atoms with Crippen molar-refractivity contribution >= 4 is 17.7 Å². The second kappa shape index (κ2) is 9.17. The zero-order chi connectivity index (χ0) is 23.7. The summed E-state index contributed by atoms with van der Waals surface area (Å²) in [4.78, 5) is 20.5. The van der Waals surface area contributed by atoms with E-state index >= 15 is 0 Å². The first-order chi connectivity index (χ1) is 16.6. The van der Waals surface area contributed by atoms with Crippen LogP contribution in [0.3, 0.4) is 0 Å². The molecule has 0 aliphatic carbocycles. The number of aromatic nitrogens is 4. The van der Waals surface area contributed by atoms with E-state index in [4.69, 9.17) is 10.1 Å². The van der Waals surface area contributed by atoms with Crippen LogP contribution < -0.4 is 10.5 Å². The molecule has 0 atom stereocenters. The van der Waals surface area contributed by atoms with E-state index in [1.54, 1.807) is 4.68 Å². The van der Waals surface area contributed by atoms with Gasteiger partial charge in [-0.15, -0.1) is 0 Å². The SMILES string of the molecule is Cc1nn(-c2ccccc2)c(N2CCCCC2)c1C=Nc1c(C)n(C)n(-c2ccccc2)c1=O. The topological polar surface area (TPSA) is 60.4 Å². The molecule has 174 valence electrons. The van der Waals surface area contributed by atoms with Crippen molar-refractivity contribution in [1.29, 1.82) is 0 Å². The minimum Gasteiger partial charge on any atom is -0.356 e. The molecule has 0 N–H and O–H groups in total. The van der Waals surface area contributed by atoms with Gasteiger partial charge in [-0.2, -0.15) is 5.10 Å². The van der Waals surface area contributed by atoms with Gasteiger partial charge in [0.15, 0.2) is 5.69 Å². The molecule has 7 nitrogen and oxygen atoms in total. The summed E-state index contributed by atoms with van der Waals surface area (Å²) >= 11 is 0. The van der Waals surface area contributed by atoms with Gasteiger partial charge >= 0.3 is 0 Å². The number of hydrogen-bond acceptors (Lipinski definition) is 4. The van der Waals surface area contributed by atoms with Crippen molar-refractivity contribution in [3.8, 4) is 11.4 Å². The fourth-order valence-electron chi connectivity index (χ4n) is 4.67. The first-order valence-corrected chi connectivity index (χ1v) is 11.8. The highest BCUT2D eigenvalue weighted by atomic mass is 16.1. The van der Waals surface area contributed by atoms with E-state index in [0.717, 1.165) is 60.1 Å². The molecule has 0 radical (unpaired) electrons. The van der Waals surface area contributed by atoms with E-state index in [9.17, 15) is 4.79 Å². The van der Waals surface area contributed by atoms with E-state index in [-0.39, 0.29) is 5.56 Å². The van der Waals surface area contributed by atoms with Gasteiger partial charge in [0.2, 0.25) is 0 Å². The summed E-state index contributed by atoms with van der Waals surface area (Å²) in [5.74, 6) is 1.05. The quantitative estimate of drug-likeness (QED) is 0.410. The molecule has 1 aliphatic rings. The predicted octanol–water partition coefficient (Wildman–Crippen LogP) is 4.72. The normalized spacial score (nSPS) is 14.3. The second-order valence-electron chi connectivity index (χ2n) is 8.79. The van der Waals surface area contributed by atoms with Gasteiger partial charge in [-0.05, 0) is 57.4 Å². The Morgan fingerprint density at radius 3 is 2.15 bits per heavy atom. The molecule has 34 heavy (non-hydrogen) atoms. The highest BCUT2D eigenvalue weighted by Gasteiger charge is 2.23. The maximum absolute atomic E-state index is 13.3. The molecule has 1 aliphatic heterocycles. The van der Waals surface area contributed by atoms with Crippen LogP contribution in [-0.4, -0.2) is 38.4 Å². The first kappa shape index (κ1) is 21.9. The van der Waals surface area contributed by atoms with Gasteiger partial charge in [0.1, 0.15) is 5.82 Å². The van der Waals surface area contributed by atoms with Crippen LogP contribution in [0.2, 0.25) is 0 Å².